The van der Waals surface area contributed by atoms with Gasteiger partial charge < -0.3 is 15.0 Å². The van der Waals surface area contributed by atoms with Crippen LogP contribution in [0.25, 0.3) is 0 Å². The van der Waals surface area contributed by atoms with Gasteiger partial charge in [0, 0.05) is 40.9 Å². The van der Waals surface area contributed by atoms with Crippen molar-refractivity contribution in [1.29, 1.82) is 0 Å². The van der Waals surface area contributed by atoms with Crippen LogP contribution >= 0.6 is 11.3 Å². The van der Waals surface area contributed by atoms with Crippen molar-refractivity contribution in [3.8, 4) is 5.75 Å². The molecular weight excluding hydrogens is 364 g/mol. The molecule has 1 aromatic heterocycles. The van der Waals surface area contributed by atoms with E-state index in [1.54, 1.807) is 49.8 Å². The van der Waals surface area contributed by atoms with E-state index < -0.39 is 0 Å². The van der Waals surface area contributed by atoms with Crippen LogP contribution in [0.15, 0.2) is 30.3 Å². The van der Waals surface area contributed by atoms with Gasteiger partial charge in [0.15, 0.2) is 5.78 Å². The molecule has 0 radical (unpaired) electrons. The second-order valence-electron chi connectivity index (χ2n) is 6.28. The largest absolute Gasteiger partial charge is 0.497 e. The smallest absolute Gasteiger partial charge is 0.243 e. The summed E-state index contributed by atoms with van der Waals surface area (Å²) in [5.74, 6) is 0.117. The number of methoxy groups -OCH3 is 1. The van der Waals surface area contributed by atoms with E-state index in [4.69, 9.17) is 4.74 Å². The Bertz CT molecular complexity index is 827. The molecule has 0 bridgehead atoms. The molecule has 0 atom stereocenters. The lowest BCUT2D eigenvalue weighted by atomic mass is 10.1. The summed E-state index contributed by atoms with van der Waals surface area (Å²) >= 11 is 1.57. The van der Waals surface area contributed by atoms with Crippen molar-refractivity contribution in [3.63, 3.8) is 0 Å². The van der Waals surface area contributed by atoms with Gasteiger partial charge in [-0.05, 0) is 44.2 Å². The number of Topliss-reactive ketones (excluding diaryl/α,β-unsaturated/α-hetero) is 1. The first kappa shape index (κ1) is 20.6. The predicted octanol–water partition coefficient (Wildman–Crippen LogP) is 3.43. The molecule has 2 amide bonds. The molecule has 1 aromatic carbocycles. The Balaban J connectivity index is 1.81. The number of benzene rings is 1. The number of amides is 2. The maximum atomic E-state index is 12.3. The second-order valence-corrected chi connectivity index (χ2v) is 7.74. The van der Waals surface area contributed by atoms with Crippen molar-refractivity contribution in [1.82, 2.24) is 4.90 Å². The molecule has 27 heavy (non-hydrogen) atoms. The van der Waals surface area contributed by atoms with Crippen molar-refractivity contribution < 1.29 is 19.1 Å². The molecule has 0 unspecified atom stereocenters. The standard InChI is InChI=1S/C20H24N2O4S/c1-13-11-17(14(2)27-13)18(23)9-10-20(25)22(3)12-19(24)21-15-5-7-16(26-4)8-6-15/h5-8,11H,9-10,12H2,1-4H3,(H,21,24). The third kappa shape index (κ3) is 5.92. The molecule has 0 aliphatic rings. The number of likely N-dealkylation sites (N-methyl/N-ethyl adjacent to an activating group) is 1. The molecule has 144 valence electrons. The number of ketones is 1. The Labute approximate surface area is 163 Å². The maximum Gasteiger partial charge on any atom is 0.243 e. The minimum Gasteiger partial charge on any atom is -0.497 e. The van der Waals surface area contributed by atoms with Gasteiger partial charge in [0.1, 0.15) is 5.75 Å². The van der Waals surface area contributed by atoms with Gasteiger partial charge in [-0.1, -0.05) is 0 Å². The van der Waals surface area contributed by atoms with Crippen LogP contribution in [0.3, 0.4) is 0 Å². The highest BCUT2D eigenvalue weighted by molar-refractivity contribution is 7.12. The average Bonchev–Trinajstić information content (AvgIpc) is 2.98. The number of carbonyl (C=O) groups is 3. The second kappa shape index (κ2) is 9.32. The summed E-state index contributed by atoms with van der Waals surface area (Å²) in [4.78, 5) is 40.0. The minimum absolute atomic E-state index is 0.0405. The highest BCUT2D eigenvalue weighted by atomic mass is 32.1. The van der Waals surface area contributed by atoms with E-state index >= 15 is 0 Å². The van der Waals surface area contributed by atoms with E-state index in [-0.39, 0.29) is 37.0 Å². The zero-order chi connectivity index (χ0) is 20.0. The van der Waals surface area contributed by atoms with Crippen LogP contribution in [0.2, 0.25) is 0 Å². The van der Waals surface area contributed by atoms with Gasteiger partial charge in [0.2, 0.25) is 11.8 Å². The zero-order valence-electron chi connectivity index (χ0n) is 16.0. The van der Waals surface area contributed by atoms with E-state index in [1.807, 2.05) is 19.9 Å². The number of ether oxygens (including phenoxy) is 1. The molecule has 7 heteroatoms. The average molecular weight is 388 g/mol. The summed E-state index contributed by atoms with van der Waals surface area (Å²) < 4.78 is 5.06. The third-order valence-electron chi connectivity index (χ3n) is 4.09. The predicted molar refractivity (Wildman–Crippen MR) is 107 cm³/mol. The summed E-state index contributed by atoms with van der Waals surface area (Å²) in [6.07, 6.45) is 0.222. The number of rotatable bonds is 8. The number of carbonyl (C=O) groups excluding carboxylic acids is 3. The summed E-state index contributed by atoms with van der Waals surface area (Å²) in [6, 6.07) is 8.79. The topological polar surface area (TPSA) is 75.7 Å². The van der Waals surface area contributed by atoms with Crippen LogP contribution in [0, 0.1) is 13.8 Å². The number of hydrogen-bond acceptors (Lipinski definition) is 5. The summed E-state index contributed by atoms with van der Waals surface area (Å²) in [5, 5.41) is 2.73. The van der Waals surface area contributed by atoms with E-state index in [0.717, 1.165) is 9.75 Å². The minimum atomic E-state index is -0.299. The molecule has 0 saturated heterocycles. The number of nitrogens with one attached hydrogen (secondary N) is 1. The van der Waals surface area contributed by atoms with Gasteiger partial charge >= 0.3 is 0 Å². The van der Waals surface area contributed by atoms with Gasteiger partial charge in [-0.25, -0.2) is 0 Å². The Morgan fingerprint density at radius 2 is 1.78 bits per heavy atom. The summed E-state index contributed by atoms with van der Waals surface area (Å²) in [5.41, 5.74) is 1.31. The first-order chi connectivity index (χ1) is 12.8. The molecule has 0 saturated carbocycles. The van der Waals surface area contributed by atoms with E-state index in [0.29, 0.717) is 17.0 Å². The summed E-state index contributed by atoms with van der Waals surface area (Å²) in [6.45, 7) is 3.78. The van der Waals surface area contributed by atoms with Gasteiger partial charge in [-0.15, -0.1) is 11.3 Å². The van der Waals surface area contributed by atoms with Crippen LogP contribution < -0.4 is 10.1 Å². The summed E-state index contributed by atoms with van der Waals surface area (Å²) in [7, 11) is 3.13. The van der Waals surface area contributed by atoms with Crippen molar-refractivity contribution in [2.24, 2.45) is 0 Å². The monoisotopic (exact) mass is 388 g/mol. The Hall–Kier alpha value is -2.67. The lowest BCUT2D eigenvalue weighted by Crippen LogP contribution is -2.35. The normalized spacial score (nSPS) is 10.4. The van der Waals surface area contributed by atoms with Gasteiger partial charge in [0.25, 0.3) is 0 Å². The van der Waals surface area contributed by atoms with Crippen LogP contribution in [-0.4, -0.2) is 43.2 Å². The van der Waals surface area contributed by atoms with Gasteiger partial charge in [-0.2, -0.15) is 0 Å². The fraction of sp³-hybridized carbons (Fsp3) is 0.350. The Morgan fingerprint density at radius 3 is 2.33 bits per heavy atom. The number of hydrogen-bond donors (Lipinski definition) is 1. The lowest BCUT2D eigenvalue weighted by Gasteiger charge is -2.16. The van der Waals surface area contributed by atoms with E-state index in [2.05, 4.69) is 5.32 Å². The first-order valence-corrected chi connectivity index (χ1v) is 9.40. The molecule has 0 spiro atoms. The molecule has 0 fully saturated rings. The van der Waals surface area contributed by atoms with Crippen molar-refractivity contribution in [2.45, 2.75) is 26.7 Å². The SMILES string of the molecule is COc1ccc(NC(=O)CN(C)C(=O)CCC(=O)c2cc(C)sc2C)cc1. The lowest BCUT2D eigenvalue weighted by molar-refractivity contribution is -0.133. The third-order valence-corrected chi connectivity index (χ3v) is 5.05. The Kier molecular flexibility index (Phi) is 7.12. The number of anilines is 1. The molecule has 0 aliphatic carbocycles. The molecule has 1 heterocycles. The highest BCUT2D eigenvalue weighted by Gasteiger charge is 2.17. The molecule has 2 rings (SSSR count). The molecule has 0 aliphatic heterocycles. The van der Waals surface area contributed by atoms with Crippen molar-refractivity contribution in [2.75, 3.05) is 26.0 Å². The fourth-order valence-corrected chi connectivity index (χ4v) is 3.57. The zero-order valence-corrected chi connectivity index (χ0v) is 16.8. The fourth-order valence-electron chi connectivity index (χ4n) is 2.63. The van der Waals surface area contributed by atoms with Gasteiger partial charge in [0.05, 0.1) is 13.7 Å². The van der Waals surface area contributed by atoms with Crippen LogP contribution in [-0.2, 0) is 9.59 Å². The molecule has 1 N–H and O–H groups in total. The van der Waals surface area contributed by atoms with Crippen LogP contribution in [0.5, 0.6) is 5.75 Å². The molecule has 6 nitrogen and oxygen atoms in total. The first-order valence-electron chi connectivity index (χ1n) is 8.58. The maximum absolute atomic E-state index is 12.3. The molecular formula is C20H24N2O4S. The highest BCUT2D eigenvalue weighted by Crippen LogP contribution is 2.22. The quantitative estimate of drug-likeness (QED) is 0.703. The number of aryl methyl sites for hydroxylation is 2. The number of nitrogens with zero attached hydrogens (tertiary/aromatic N) is 1. The van der Waals surface area contributed by atoms with Crippen LogP contribution in [0.4, 0.5) is 5.69 Å². The Morgan fingerprint density at radius 1 is 1.11 bits per heavy atom. The molecule has 2 aromatic rings. The van der Waals surface area contributed by atoms with E-state index in [9.17, 15) is 14.4 Å². The van der Waals surface area contributed by atoms with Crippen molar-refractivity contribution in [3.05, 3.63) is 45.6 Å². The van der Waals surface area contributed by atoms with E-state index in [1.165, 1.54) is 4.90 Å². The van der Waals surface area contributed by atoms with Crippen LogP contribution in [0.1, 0.15) is 33.0 Å². The number of thiophene rings is 1. The van der Waals surface area contributed by atoms with Gasteiger partial charge in [-0.3, -0.25) is 14.4 Å². The van der Waals surface area contributed by atoms with Crippen molar-refractivity contribution >= 4 is 34.6 Å².